The van der Waals surface area contributed by atoms with E-state index in [0.29, 0.717) is 5.69 Å². The average molecular weight is 236 g/mol. The number of anilines is 1. The van der Waals surface area contributed by atoms with Crippen molar-refractivity contribution in [2.24, 2.45) is 0 Å². The van der Waals surface area contributed by atoms with Crippen molar-refractivity contribution >= 4 is 17.7 Å². The van der Waals surface area contributed by atoms with E-state index in [1.807, 2.05) is 26.0 Å². The molecule has 0 saturated heterocycles. The second-order valence-corrected chi connectivity index (χ2v) is 4.00. The molecule has 1 aromatic carbocycles. The van der Waals surface area contributed by atoms with E-state index in [0.717, 1.165) is 16.0 Å². The van der Waals surface area contributed by atoms with E-state index in [9.17, 15) is 9.59 Å². The number of hydrogen-bond donors (Lipinski definition) is 2. The number of carboxylic acids is 1. The van der Waals surface area contributed by atoms with E-state index >= 15 is 0 Å². The van der Waals surface area contributed by atoms with Gasteiger partial charge in [0.15, 0.2) is 0 Å². The number of nitrogens with one attached hydrogen (secondary N) is 1. The van der Waals surface area contributed by atoms with Crippen molar-refractivity contribution in [3.63, 3.8) is 0 Å². The summed E-state index contributed by atoms with van der Waals surface area (Å²) in [5.74, 6) is -1.04. The van der Waals surface area contributed by atoms with Crippen LogP contribution in [0.15, 0.2) is 18.2 Å². The van der Waals surface area contributed by atoms with Crippen molar-refractivity contribution in [3.05, 3.63) is 29.3 Å². The molecule has 1 aromatic rings. The predicted molar refractivity (Wildman–Crippen MR) is 65.2 cm³/mol. The molecule has 0 heterocycles. The summed E-state index contributed by atoms with van der Waals surface area (Å²) in [5, 5.41) is 11.2. The smallest absolute Gasteiger partial charge is 0.323 e. The Bertz CT molecular complexity index is 443. The largest absolute Gasteiger partial charge is 0.480 e. The summed E-state index contributed by atoms with van der Waals surface area (Å²) >= 11 is 0. The molecule has 0 aliphatic carbocycles. The summed E-state index contributed by atoms with van der Waals surface area (Å²) in [6.45, 7) is 3.53. The fraction of sp³-hybridized carbons (Fsp3) is 0.333. The van der Waals surface area contributed by atoms with Crippen LogP contribution in [0, 0.1) is 13.8 Å². The molecule has 5 heteroatoms. The molecule has 92 valence electrons. The molecule has 2 N–H and O–H groups in total. The van der Waals surface area contributed by atoms with E-state index in [4.69, 9.17) is 5.11 Å². The normalized spacial score (nSPS) is 9.82. The molecule has 1 rings (SSSR count). The average Bonchev–Trinajstić information content (AvgIpc) is 2.21. The first-order valence-corrected chi connectivity index (χ1v) is 5.21. The Hall–Kier alpha value is -2.04. The van der Waals surface area contributed by atoms with E-state index in [-0.39, 0.29) is 6.54 Å². The third-order valence-electron chi connectivity index (χ3n) is 2.34. The van der Waals surface area contributed by atoms with Crippen LogP contribution in [0.1, 0.15) is 11.1 Å². The molecule has 0 aliphatic rings. The zero-order valence-corrected chi connectivity index (χ0v) is 10.2. The number of likely N-dealkylation sites (N-methyl/N-ethyl adjacent to an activating group) is 1. The first-order valence-electron chi connectivity index (χ1n) is 5.21. The number of hydrogen-bond acceptors (Lipinski definition) is 2. The first kappa shape index (κ1) is 13.0. The number of aliphatic carboxylic acids is 1. The van der Waals surface area contributed by atoms with Crippen LogP contribution < -0.4 is 5.32 Å². The molecule has 0 bridgehead atoms. The summed E-state index contributed by atoms with van der Waals surface area (Å²) in [6.07, 6.45) is 0. The molecule has 0 saturated carbocycles. The van der Waals surface area contributed by atoms with Crippen molar-refractivity contribution < 1.29 is 14.7 Å². The lowest BCUT2D eigenvalue weighted by Gasteiger charge is -2.16. The Morgan fingerprint density at radius 1 is 1.35 bits per heavy atom. The van der Waals surface area contributed by atoms with Gasteiger partial charge in [-0.3, -0.25) is 4.79 Å². The van der Waals surface area contributed by atoms with Crippen LogP contribution in [-0.2, 0) is 4.79 Å². The Morgan fingerprint density at radius 2 is 2.00 bits per heavy atom. The molecule has 0 fully saturated rings. The molecule has 5 nitrogen and oxygen atoms in total. The minimum atomic E-state index is -1.04. The van der Waals surface area contributed by atoms with Crippen molar-refractivity contribution in [2.45, 2.75) is 13.8 Å². The van der Waals surface area contributed by atoms with Crippen LogP contribution in [0.25, 0.3) is 0 Å². The van der Waals surface area contributed by atoms with Gasteiger partial charge in [0.2, 0.25) is 0 Å². The number of benzene rings is 1. The van der Waals surface area contributed by atoms with Crippen LogP contribution in [0.5, 0.6) is 0 Å². The van der Waals surface area contributed by atoms with E-state index < -0.39 is 12.0 Å². The van der Waals surface area contributed by atoms with Crippen LogP contribution in [0.4, 0.5) is 10.5 Å². The molecule has 0 spiro atoms. The highest BCUT2D eigenvalue weighted by molar-refractivity contribution is 5.91. The van der Waals surface area contributed by atoms with Gasteiger partial charge in [0, 0.05) is 12.7 Å². The lowest BCUT2D eigenvalue weighted by atomic mass is 10.1. The Balaban J connectivity index is 2.71. The number of nitrogens with zero attached hydrogens (tertiary/aromatic N) is 1. The molecule has 0 atom stereocenters. The van der Waals surface area contributed by atoms with Crippen molar-refractivity contribution in [1.29, 1.82) is 0 Å². The summed E-state index contributed by atoms with van der Waals surface area (Å²) in [7, 11) is 1.44. The van der Waals surface area contributed by atoms with Gasteiger partial charge in [0.25, 0.3) is 0 Å². The van der Waals surface area contributed by atoms with Gasteiger partial charge in [0.1, 0.15) is 6.54 Å². The fourth-order valence-electron chi connectivity index (χ4n) is 1.44. The molecular weight excluding hydrogens is 220 g/mol. The third-order valence-corrected chi connectivity index (χ3v) is 2.34. The minimum Gasteiger partial charge on any atom is -0.480 e. The molecule has 17 heavy (non-hydrogen) atoms. The number of aryl methyl sites for hydroxylation is 2. The maximum atomic E-state index is 11.6. The number of amides is 2. The Labute approximate surface area is 100 Å². The number of rotatable bonds is 3. The number of carbonyl (C=O) groups excluding carboxylic acids is 1. The predicted octanol–water partition coefficient (Wildman–Crippen LogP) is 1.85. The molecule has 0 aliphatic heterocycles. The fourth-order valence-corrected chi connectivity index (χ4v) is 1.44. The lowest BCUT2D eigenvalue weighted by molar-refractivity contribution is -0.137. The van der Waals surface area contributed by atoms with E-state index in [1.54, 1.807) is 6.07 Å². The quantitative estimate of drug-likeness (QED) is 0.841. The highest BCUT2D eigenvalue weighted by Crippen LogP contribution is 2.16. The number of carbonyl (C=O) groups is 2. The van der Waals surface area contributed by atoms with Crippen LogP contribution in [-0.4, -0.2) is 35.6 Å². The summed E-state index contributed by atoms with van der Waals surface area (Å²) < 4.78 is 0. The van der Waals surface area contributed by atoms with E-state index in [1.165, 1.54) is 7.05 Å². The highest BCUT2D eigenvalue weighted by Gasteiger charge is 2.12. The third kappa shape index (κ3) is 3.79. The zero-order valence-electron chi connectivity index (χ0n) is 10.2. The monoisotopic (exact) mass is 236 g/mol. The number of urea groups is 1. The van der Waals surface area contributed by atoms with Gasteiger partial charge in [-0.15, -0.1) is 0 Å². The molecule has 0 aromatic heterocycles. The molecule has 2 amide bonds. The molecular formula is C12H16N2O3. The Morgan fingerprint density at radius 3 is 2.53 bits per heavy atom. The summed E-state index contributed by atoms with van der Waals surface area (Å²) in [4.78, 5) is 23.2. The second kappa shape index (κ2) is 5.34. The number of carboxylic acid groups (broad SMARTS) is 1. The van der Waals surface area contributed by atoms with Crippen LogP contribution >= 0.6 is 0 Å². The highest BCUT2D eigenvalue weighted by atomic mass is 16.4. The van der Waals surface area contributed by atoms with Gasteiger partial charge in [-0.05, 0) is 25.5 Å². The maximum Gasteiger partial charge on any atom is 0.323 e. The van der Waals surface area contributed by atoms with Gasteiger partial charge in [-0.25, -0.2) is 4.79 Å². The van der Waals surface area contributed by atoms with Gasteiger partial charge < -0.3 is 15.3 Å². The van der Waals surface area contributed by atoms with Crippen molar-refractivity contribution in [1.82, 2.24) is 4.90 Å². The SMILES string of the molecule is Cc1ccc(NC(=O)N(C)CC(=O)O)c(C)c1. The topological polar surface area (TPSA) is 69.6 Å². The Kier molecular flexibility index (Phi) is 4.09. The van der Waals surface area contributed by atoms with Gasteiger partial charge >= 0.3 is 12.0 Å². The zero-order chi connectivity index (χ0) is 13.0. The van der Waals surface area contributed by atoms with Crippen LogP contribution in [0.3, 0.4) is 0 Å². The molecule has 0 radical (unpaired) electrons. The maximum absolute atomic E-state index is 11.6. The second-order valence-electron chi connectivity index (χ2n) is 4.00. The molecule has 0 unspecified atom stereocenters. The van der Waals surface area contributed by atoms with Crippen molar-refractivity contribution in [2.75, 3.05) is 18.9 Å². The van der Waals surface area contributed by atoms with Gasteiger partial charge in [-0.2, -0.15) is 0 Å². The lowest BCUT2D eigenvalue weighted by Crippen LogP contribution is -2.35. The first-order chi connectivity index (χ1) is 7.90. The van der Waals surface area contributed by atoms with Gasteiger partial charge in [-0.1, -0.05) is 17.7 Å². The summed E-state index contributed by atoms with van der Waals surface area (Å²) in [5.41, 5.74) is 2.75. The van der Waals surface area contributed by atoms with Crippen molar-refractivity contribution in [3.8, 4) is 0 Å². The standard InChI is InChI=1S/C12H16N2O3/c1-8-4-5-10(9(2)6-8)13-12(17)14(3)7-11(15)16/h4-6H,7H2,1-3H3,(H,13,17)(H,15,16). The minimum absolute atomic E-state index is 0.323. The van der Waals surface area contributed by atoms with E-state index in [2.05, 4.69) is 5.32 Å². The summed E-state index contributed by atoms with van der Waals surface area (Å²) in [6, 6.07) is 5.21. The van der Waals surface area contributed by atoms with Gasteiger partial charge in [0.05, 0.1) is 0 Å². The van der Waals surface area contributed by atoms with Crippen LogP contribution in [0.2, 0.25) is 0 Å².